The van der Waals surface area contributed by atoms with Gasteiger partial charge in [-0.1, -0.05) is 6.08 Å². The van der Waals surface area contributed by atoms with Crippen LogP contribution in [0.5, 0.6) is 0 Å². The zero-order valence-corrected chi connectivity index (χ0v) is 8.08. The number of allylic oxidation sites excluding steroid dienone is 1. The van der Waals surface area contributed by atoms with Gasteiger partial charge in [0.15, 0.2) is 0 Å². The summed E-state index contributed by atoms with van der Waals surface area (Å²) in [6, 6.07) is 0. The monoisotopic (exact) mass is 204 g/mol. The van der Waals surface area contributed by atoms with E-state index in [9.17, 15) is 13.6 Å². The van der Waals surface area contributed by atoms with Gasteiger partial charge < -0.3 is 4.74 Å². The predicted molar refractivity (Wildman–Crippen MR) is 48.3 cm³/mol. The van der Waals surface area contributed by atoms with E-state index < -0.39 is 18.3 Å². The second kappa shape index (κ2) is 5.08. The lowest BCUT2D eigenvalue weighted by Crippen LogP contribution is -2.06. The van der Waals surface area contributed by atoms with Crippen molar-refractivity contribution in [3.63, 3.8) is 0 Å². The van der Waals surface area contributed by atoms with Crippen LogP contribution in [-0.2, 0) is 9.53 Å². The van der Waals surface area contributed by atoms with Crippen molar-refractivity contribution in [3.8, 4) is 0 Å². The molecule has 0 aromatic heterocycles. The molecule has 0 radical (unpaired) electrons. The lowest BCUT2D eigenvalue weighted by molar-refractivity contribution is -0.137. The van der Waals surface area contributed by atoms with Crippen molar-refractivity contribution < 1.29 is 18.3 Å². The summed E-state index contributed by atoms with van der Waals surface area (Å²) in [5.41, 5.74) is 0. The van der Waals surface area contributed by atoms with Gasteiger partial charge in [0, 0.05) is 6.08 Å². The van der Waals surface area contributed by atoms with Crippen LogP contribution in [-0.4, -0.2) is 24.9 Å². The first-order valence-corrected chi connectivity index (χ1v) is 4.76. The minimum Gasteiger partial charge on any atom is -0.463 e. The molecule has 0 aromatic carbocycles. The van der Waals surface area contributed by atoms with Gasteiger partial charge in [-0.05, 0) is 25.7 Å². The predicted octanol–water partition coefficient (Wildman–Crippen LogP) is 2.19. The molecule has 2 nitrogen and oxygen atoms in total. The second-order valence-electron chi connectivity index (χ2n) is 3.37. The molecule has 1 saturated carbocycles. The van der Waals surface area contributed by atoms with Gasteiger partial charge in [-0.3, -0.25) is 0 Å². The first kappa shape index (κ1) is 11.1. The van der Waals surface area contributed by atoms with E-state index in [1.807, 2.05) is 0 Å². The molecule has 1 rings (SSSR count). The molecule has 0 N–H and O–H groups in total. The maximum atomic E-state index is 12.7. The van der Waals surface area contributed by atoms with Gasteiger partial charge in [0.1, 0.15) is 12.3 Å². The summed E-state index contributed by atoms with van der Waals surface area (Å²) in [5, 5.41) is 0. The van der Waals surface area contributed by atoms with Crippen LogP contribution in [0.1, 0.15) is 19.8 Å². The van der Waals surface area contributed by atoms with Crippen LogP contribution in [0.15, 0.2) is 12.2 Å². The Morgan fingerprint density at radius 1 is 1.43 bits per heavy atom. The summed E-state index contributed by atoms with van der Waals surface area (Å²) < 4.78 is 30.1. The Kier molecular flexibility index (Phi) is 4.04. The molecule has 0 aromatic rings. The molecular weight excluding hydrogens is 190 g/mol. The Balaban J connectivity index is 2.35. The van der Waals surface area contributed by atoms with Crippen LogP contribution in [0.25, 0.3) is 0 Å². The van der Waals surface area contributed by atoms with Crippen molar-refractivity contribution in [3.05, 3.63) is 12.2 Å². The van der Waals surface area contributed by atoms with E-state index in [4.69, 9.17) is 0 Å². The van der Waals surface area contributed by atoms with Crippen LogP contribution in [0.4, 0.5) is 8.78 Å². The van der Waals surface area contributed by atoms with E-state index in [1.165, 1.54) is 12.2 Å². The van der Waals surface area contributed by atoms with Gasteiger partial charge in [-0.25, -0.2) is 13.6 Å². The van der Waals surface area contributed by atoms with E-state index in [-0.39, 0.29) is 18.8 Å². The van der Waals surface area contributed by atoms with Crippen LogP contribution >= 0.6 is 0 Å². The van der Waals surface area contributed by atoms with E-state index >= 15 is 0 Å². The number of rotatable bonds is 3. The molecule has 0 saturated heterocycles. The highest BCUT2D eigenvalue weighted by Crippen LogP contribution is 2.31. The van der Waals surface area contributed by atoms with Gasteiger partial charge >= 0.3 is 5.97 Å². The third-order valence-electron chi connectivity index (χ3n) is 2.24. The summed E-state index contributed by atoms with van der Waals surface area (Å²) in [7, 11) is 0. The SMILES string of the molecule is CCOC(=O)C=CC1C[C@@H](F)[C@@H](F)C1. The largest absolute Gasteiger partial charge is 0.463 e. The molecule has 1 fully saturated rings. The number of carbonyl (C=O) groups excluding carboxylic acids is 1. The summed E-state index contributed by atoms with van der Waals surface area (Å²) in [6.07, 6.45) is 0.343. The van der Waals surface area contributed by atoms with Gasteiger partial charge in [-0.15, -0.1) is 0 Å². The Morgan fingerprint density at radius 3 is 2.50 bits per heavy atom. The number of carbonyl (C=O) groups is 1. The zero-order chi connectivity index (χ0) is 10.6. The number of hydrogen-bond donors (Lipinski definition) is 0. The number of halogens is 2. The van der Waals surface area contributed by atoms with E-state index in [0.29, 0.717) is 6.61 Å². The molecule has 80 valence electrons. The average molecular weight is 204 g/mol. The van der Waals surface area contributed by atoms with Gasteiger partial charge in [-0.2, -0.15) is 0 Å². The molecule has 14 heavy (non-hydrogen) atoms. The van der Waals surface area contributed by atoms with Crippen molar-refractivity contribution in [2.75, 3.05) is 6.61 Å². The zero-order valence-electron chi connectivity index (χ0n) is 8.08. The molecule has 0 amide bonds. The standard InChI is InChI=1S/C10H14F2O2/c1-2-14-10(13)4-3-7-5-8(11)9(12)6-7/h3-4,7-9H,2,5-6H2,1H3/t7?,8-,9+. The first-order valence-electron chi connectivity index (χ1n) is 4.76. The van der Waals surface area contributed by atoms with Crippen molar-refractivity contribution in [2.24, 2.45) is 5.92 Å². The van der Waals surface area contributed by atoms with Gasteiger partial charge in [0.25, 0.3) is 0 Å². The summed E-state index contributed by atoms with van der Waals surface area (Å²) >= 11 is 0. The molecule has 0 heterocycles. The molecule has 4 heteroatoms. The van der Waals surface area contributed by atoms with Crippen molar-refractivity contribution >= 4 is 5.97 Å². The van der Waals surface area contributed by atoms with E-state index in [1.54, 1.807) is 6.92 Å². The van der Waals surface area contributed by atoms with Crippen LogP contribution in [0, 0.1) is 5.92 Å². The number of hydrogen-bond acceptors (Lipinski definition) is 2. The highest BCUT2D eigenvalue weighted by Gasteiger charge is 2.32. The third kappa shape index (κ3) is 3.09. The molecular formula is C10H14F2O2. The molecule has 1 unspecified atom stereocenters. The highest BCUT2D eigenvalue weighted by molar-refractivity contribution is 5.81. The van der Waals surface area contributed by atoms with Crippen molar-refractivity contribution in [1.82, 2.24) is 0 Å². The molecule has 1 aliphatic rings. The van der Waals surface area contributed by atoms with Crippen LogP contribution in [0.3, 0.4) is 0 Å². The number of ether oxygens (including phenoxy) is 1. The average Bonchev–Trinajstić information content (AvgIpc) is 2.44. The van der Waals surface area contributed by atoms with Crippen molar-refractivity contribution in [1.29, 1.82) is 0 Å². The van der Waals surface area contributed by atoms with Gasteiger partial charge in [0.2, 0.25) is 0 Å². The first-order chi connectivity index (χ1) is 6.63. The summed E-state index contributed by atoms with van der Waals surface area (Å²) in [6.45, 7) is 2.02. The van der Waals surface area contributed by atoms with E-state index in [0.717, 1.165) is 0 Å². The lowest BCUT2D eigenvalue weighted by atomic mass is 10.1. The molecule has 0 bridgehead atoms. The fourth-order valence-electron chi connectivity index (χ4n) is 1.53. The fraction of sp³-hybridized carbons (Fsp3) is 0.700. The quantitative estimate of drug-likeness (QED) is 0.520. The summed E-state index contributed by atoms with van der Waals surface area (Å²) in [5.74, 6) is -0.630. The molecule has 3 atom stereocenters. The Bertz CT molecular complexity index is 218. The maximum absolute atomic E-state index is 12.7. The number of esters is 1. The van der Waals surface area contributed by atoms with E-state index in [2.05, 4.69) is 4.74 Å². The third-order valence-corrected chi connectivity index (χ3v) is 2.24. The molecule has 0 spiro atoms. The Hall–Kier alpha value is -0.930. The minimum absolute atomic E-state index is 0.164. The Morgan fingerprint density at radius 2 is 2.00 bits per heavy atom. The topological polar surface area (TPSA) is 26.3 Å². The minimum atomic E-state index is -1.38. The van der Waals surface area contributed by atoms with Gasteiger partial charge in [0.05, 0.1) is 6.61 Å². The highest BCUT2D eigenvalue weighted by atomic mass is 19.2. The molecule has 1 aliphatic carbocycles. The second-order valence-corrected chi connectivity index (χ2v) is 3.37. The fourth-order valence-corrected chi connectivity index (χ4v) is 1.53. The number of alkyl halides is 2. The Labute approximate surface area is 81.9 Å². The summed E-state index contributed by atoms with van der Waals surface area (Å²) in [4.78, 5) is 10.9. The van der Waals surface area contributed by atoms with Crippen LogP contribution in [0.2, 0.25) is 0 Å². The molecule has 0 aliphatic heterocycles. The normalized spacial score (nSPS) is 32.4. The maximum Gasteiger partial charge on any atom is 0.330 e. The van der Waals surface area contributed by atoms with Crippen molar-refractivity contribution in [2.45, 2.75) is 32.1 Å². The van der Waals surface area contributed by atoms with Crippen LogP contribution < -0.4 is 0 Å². The smallest absolute Gasteiger partial charge is 0.330 e. The lowest BCUT2D eigenvalue weighted by Gasteiger charge is -1.99.